The number of carbonyl (C=O) groups is 1. The number of hydrogen-bond donors (Lipinski definition) is 2. The zero-order chi connectivity index (χ0) is 12.4. The number of carbonyl (C=O) groups excluding carboxylic acids is 1. The van der Waals surface area contributed by atoms with Crippen LogP contribution in [-0.2, 0) is 0 Å². The van der Waals surface area contributed by atoms with Gasteiger partial charge in [0.1, 0.15) is 0 Å². The molecule has 19 heavy (non-hydrogen) atoms. The quantitative estimate of drug-likeness (QED) is 0.386. The Morgan fingerprint density at radius 3 is 2.84 bits per heavy atom. The van der Waals surface area contributed by atoms with Crippen molar-refractivity contribution in [3.05, 3.63) is 54.0 Å². The van der Waals surface area contributed by atoms with Crippen molar-refractivity contribution in [3.8, 4) is 0 Å². The number of hydrogen-bond acceptors (Lipinski definition) is 3. The van der Waals surface area contributed by atoms with Crippen molar-refractivity contribution < 1.29 is 34.4 Å². The summed E-state index contributed by atoms with van der Waals surface area (Å²) in [7, 11) is 0. The van der Waals surface area contributed by atoms with Gasteiger partial charge in [-0.1, -0.05) is 18.2 Å². The third-order valence-corrected chi connectivity index (χ3v) is 2.43. The zero-order valence-electron chi connectivity index (χ0n) is 10.2. The first-order valence-electron chi connectivity index (χ1n) is 5.28. The molecule has 2 aromatic heterocycles. The second-order valence-electron chi connectivity index (χ2n) is 3.58. The van der Waals surface area contributed by atoms with Gasteiger partial charge in [0.2, 0.25) is 0 Å². The van der Waals surface area contributed by atoms with E-state index in [0.29, 0.717) is 16.7 Å². The fourth-order valence-corrected chi connectivity index (χ4v) is 1.57. The van der Waals surface area contributed by atoms with Crippen molar-refractivity contribution in [3.63, 3.8) is 0 Å². The summed E-state index contributed by atoms with van der Waals surface area (Å²) < 4.78 is 0. The summed E-state index contributed by atoms with van der Waals surface area (Å²) in [4.78, 5) is 29.4. The molecule has 7 heteroatoms. The van der Waals surface area contributed by atoms with Crippen LogP contribution in [0.15, 0.2) is 41.7 Å². The summed E-state index contributed by atoms with van der Waals surface area (Å²) in [6.07, 6.45) is 4.05. The first-order chi connectivity index (χ1) is 8.84. The number of amides is 1. The van der Waals surface area contributed by atoms with E-state index in [2.05, 4.69) is 31.3 Å². The third kappa shape index (κ3) is 2.81. The van der Waals surface area contributed by atoms with Gasteiger partial charge in [-0.2, -0.15) is 0 Å². The van der Waals surface area contributed by atoms with Crippen LogP contribution in [0.5, 0.6) is 0 Å². The van der Waals surface area contributed by atoms with Crippen LogP contribution in [0.3, 0.4) is 0 Å². The van der Waals surface area contributed by atoms with Crippen LogP contribution in [0.25, 0.3) is 11.2 Å². The number of nitrogens with zero attached hydrogens (tertiary/aromatic N) is 3. The Hall–Kier alpha value is -1.76. The van der Waals surface area contributed by atoms with Crippen molar-refractivity contribution in [2.24, 2.45) is 4.99 Å². The number of rotatable bonds is 1. The second kappa shape index (κ2) is 5.92. The molecule has 0 aliphatic heterocycles. The van der Waals surface area contributed by atoms with Gasteiger partial charge in [0.05, 0.1) is 11.8 Å². The molecular weight excluding hydrogens is 253 g/mol. The maximum atomic E-state index is 11.9. The molecule has 0 saturated carbocycles. The summed E-state index contributed by atoms with van der Waals surface area (Å²) >= 11 is 0. The number of H-pyrrole nitrogens is 2. The third-order valence-electron chi connectivity index (χ3n) is 2.43. The number of benzene rings is 1. The predicted octanol–water partition coefficient (Wildman–Crippen LogP) is -2.17. The summed E-state index contributed by atoms with van der Waals surface area (Å²) in [5, 5.41) is 0. The maximum Gasteiger partial charge on any atom is 1.00 e. The molecule has 0 radical (unpaired) electrons. The molecule has 0 saturated heterocycles. The van der Waals surface area contributed by atoms with E-state index in [1.807, 2.05) is 6.07 Å². The van der Waals surface area contributed by atoms with Crippen LogP contribution >= 0.6 is 0 Å². The Kier molecular flexibility index (Phi) is 4.26. The van der Waals surface area contributed by atoms with Crippen LogP contribution in [0.4, 0.5) is 0 Å². The van der Waals surface area contributed by atoms with Gasteiger partial charge >= 0.3 is 29.6 Å². The predicted molar refractivity (Wildman–Crippen MR) is 63.4 cm³/mol. The molecule has 88 valence electrons. The Labute approximate surface area is 130 Å². The monoisotopic (exact) mass is 261 g/mol. The van der Waals surface area contributed by atoms with Gasteiger partial charge < -0.3 is 15.0 Å². The number of aromatic nitrogens is 4. The number of fused-ring (bicyclic) bond motifs is 1. The van der Waals surface area contributed by atoms with E-state index < -0.39 is 0 Å². The average Bonchev–Trinajstić information content (AvgIpc) is 2.89. The molecule has 3 rings (SSSR count). The van der Waals surface area contributed by atoms with Gasteiger partial charge in [-0.25, -0.2) is 0 Å². The molecule has 0 spiro atoms. The van der Waals surface area contributed by atoms with Gasteiger partial charge in [0, 0.05) is 23.1 Å². The summed E-state index contributed by atoms with van der Waals surface area (Å²) in [6.45, 7) is 0. The fraction of sp³-hybridized carbons (Fsp3) is 0. The minimum Gasteiger partial charge on any atom is -0.436 e. The van der Waals surface area contributed by atoms with Crippen molar-refractivity contribution in [1.82, 2.24) is 19.9 Å². The number of nitrogens with one attached hydrogen (secondary N) is 2. The molecular formula is C12H8N5NaO. The van der Waals surface area contributed by atoms with Gasteiger partial charge in [0.25, 0.3) is 5.91 Å². The van der Waals surface area contributed by atoms with E-state index in [9.17, 15) is 4.79 Å². The Bertz CT molecular complexity index is 762. The molecule has 3 aromatic rings. The SMILES string of the molecule is O=C(N=c1n[c-][nH]c2nc[nH]c12)c1ccccc1.[Na+]. The molecule has 2 N–H and O–H groups in total. The average molecular weight is 261 g/mol. The molecule has 2 heterocycles. The van der Waals surface area contributed by atoms with Gasteiger partial charge in [-0.15, -0.1) is 0 Å². The molecule has 0 aliphatic rings. The van der Waals surface area contributed by atoms with E-state index in [1.165, 1.54) is 6.33 Å². The van der Waals surface area contributed by atoms with Crippen LogP contribution in [0.1, 0.15) is 10.4 Å². The minimum absolute atomic E-state index is 0. The molecule has 0 bridgehead atoms. The van der Waals surface area contributed by atoms with E-state index in [0.717, 1.165) is 0 Å². The van der Waals surface area contributed by atoms with Gasteiger partial charge in [-0.05, 0) is 12.1 Å². The van der Waals surface area contributed by atoms with E-state index in [4.69, 9.17) is 0 Å². The van der Waals surface area contributed by atoms with Gasteiger partial charge in [-0.3, -0.25) is 14.8 Å². The van der Waals surface area contributed by atoms with Crippen LogP contribution in [0.2, 0.25) is 0 Å². The van der Waals surface area contributed by atoms with Crippen LogP contribution < -0.4 is 35.0 Å². The second-order valence-corrected chi connectivity index (χ2v) is 3.58. The van der Waals surface area contributed by atoms with Crippen LogP contribution in [0, 0.1) is 6.33 Å². The summed E-state index contributed by atoms with van der Waals surface area (Å²) in [5.74, 6) is -0.349. The van der Waals surface area contributed by atoms with Crippen LogP contribution in [-0.4, -0.2) is 25.8 Å². The number of aromatic amines is 2. The fourth-order valence-electron chi connectivity index (χ4n) is 1.57. The van der Waals surface area contributed by atoms with E-state index in [1.54, 1.807) is 24.3 Å². The van der Waals surface area contributed by atoms with Crippen molar-refractivity contribution >= 4 is 17.1 Å². The maximum absolute atomic E-state index is 11.9. The number of imidazole rings is 1. The molecule has 0 unspecified atom stereocenters. The molecule has 0 fully saturated rings. The first kappa shape index (κ1) is 13.7. The standard InChI is InChI=1S/C12H8N5O.Na/c18-12(8-4-2-1-3-5-8)17-11-9-10(14-6-13-9)15-7-16-11;/h1-6H,(H2,13,14,15,16,17,18);/q-1;+1. The van der Waals surface area contributed by atoms with Crippen molar-refractivity contribution in [1.29, 1.82) is 0 Å². The molecule has 1 aromatic carbocycles. The minimum atomic E-state index is -0.349. The topological polar surface area (TPSA) is 86.8 Å². The molecule has 0 atom stereocenters. The normalized spacial score (nSPS) is 11.3. The van der Waals surface area contributed by atoms with E-state index in [-0.39, 0.29) is 41.0 Å². The Balaban J connectivity index is 0.00000133. The molecule has 1 amide bonds. The zero-order valence-corrected chi connectivity index (χ0v) is 12.2. The Morgan fingerprint density at radius 1 is 1.26 bits per heavy atom. The first-order valence-corrected chi connectivity index (χ1v) is 5.28. The van der Waals surface area contributed by atoms with Crippen molar-refractivity contribution in [2.75, 3.05) is 0 Å². The summed E-state index contributed by atoms with van der Waals surface area (Å²) in [5.41, 5.74) is 1.93. The van der Waals surface area contributed by atoms with E-state index >= 15 is 0 Å². The summed E-state index contributed by atoms with van der Waals surface area (Å²) in [6, 6.07) is 8.82. The van der Waals surface area contributed by atoms with Crippen molar-refractivity contribution in [2.45, 2.75) is 0 Å². The molecule has 6 nitrogen and oxygen atoms in total. The largest absolute Gasteiger partial charge is 1.00 e. The molecule has 0 aliphatic carbocycles. The Morgan fingerprint density at radius 2 is 2.05 bits per heavy atom. The smallest absolute Gasteiger partial charge is 0.436 e. The van der Waals surface area contributed by atoms with Gasteiger partial charge in [0.15, 0.2) is 0 Å².